The molecule has 0 aliphatic carbocycles. The van der Waals surface area contributed by atoms with Gasteiger partial charge in [0, 0.05) is 16.5 Å². The lowest BCUT2D eigenvalue weighted by atomic mass is 10.2. The van der Waals surface area contributed by atoms with Gasteiger partial charge in [-0.15, -0.1) is 11.8 Å². The van der Waals surface area contributed by atoms with Crippen molar-refractivity contribution in [3.8, 4) is 0 Å². The van der Waals surface area contributed by atoms with Crippen LogP contribution >= 0.6 is 23.4 Å². The quantitative estimate of drug-likeness (QED) is 0.518. The molecule has 0 fully saturated rings. The highest BCUT2D eigenvalue weighted by molar-refractivity contribution is 8.00. The molecule has 0 radical (unpaired) electrons. The van der Waals surface area contributed by atoms with Crippen molar-refractivity contribution in [1.82, 2.24) is 5.32 Å². The molecule has 0 saturated heterocycles. The van der Waals surface area contributed by atoms with Crippen LogP contribution in [0.1, 0.15) is 22.8 Å². The average molecular weight is 407 g/mol. The summed E-state index contributed by atoms with van der Waals surface area (Å²) in [5.74, 6) is -1.54. The van der Waals surface area contributed by atoms with E-state index in [0.717, 1.165) is 17.3 Å². The summed E-state index contributed by atoms with van der Waals surface area (Å²) >= 11 is 7.19. The van der Waals surface area contributed by atoms with Crippen molar-refractivity contribution in [3.63, 3.8) is 0 Å². The molecule has 0 bridgehead atoms. The van der Waals surface area contributed by atoms with Gasteiger partial charge in [-0.3, -0.25) is 9.59 Å². The second-order valence-corrected chi connectivity index (χ2v) is 7.03. The van der Waals surface area contributed by atoms with E-state index in [-0.39, 0.29) is 17.9 Å². The fourth-order valence-electron chi connectivity index (χ4n) is 2.16. The molecule has 0 saturated carbocycles. The summed E-state index contributed by atoms with van der Waals surface area (Å²) in [6.07, 6.45) is -0.991. The molecular formula is C19H19ClN2O4S. The Kier molecular flexibility index (Phi) is 7.69. The number of amides is 2. The van der Waals surface area contributed by atoms with Crippen molar-refractivity contribution >= 4 is 41.1 Å². The highest BCUT2D eigenvalue weighted by atomic mass is 35.5. The van der Waals surface area contributed by atoms with E-state index in [4.69, 9.17) is 22.1 Å². The number of nitrogens with one attached hydrogen (secondary N) is 1. The predicted molar refractivity (Wildman–Crippen MR) is 105 cm³/mol. The minimum Gasteiger partial charge on any atom is -0.449 e. The Morgan fingerprint density at radius 2 is 1.81 bits per heavy atom. The van der Waals surface area contributed by atoms with Crippen LogP contribution in [0.15, 0.2) is 53.4 Å². The minimum atomic E-state index is -0.991. The maximum absolute atomic E-state index is 12.4. The number of benzene rings is 2. The van der Waals surface area contributed by atoms with Gasteiger partial charge in [0.25, 0.3) is 5.91 Å². The number of nitrogens with two attached hydrogens (primary N) is 1. The van der Waals surface area contributed by atoms with E-state index in [2.05, 4.69) is 5.32 Å². The number of ether oxygens (including phenoxy) is 1. The summed E-state index contributed by atoms with van der Waals surface area (Å²) in [6, 6.07) is 13.8. The molecule has 2 amide bonds. The summed E-state index contributed by atoms with van der Waals surface area (Å²) in [5, 5.41) is 3.23. The molecule has 27 heavy (non-hydrogen) atoms. The molecule has 0 aliphatic heterocycles. The molecule has 6 nitrogen and oxygen atoms in total. The van der Waals surface area contributed by atoms with Crippen LogP contribution in [0, 0.1) is 0 Å². The third-order valence-corrected chi connectivity index (χ3v) is 5.01. The Balaban J connectivity index is 1.95. The zero-order chi connectivity index (χ0) is 19.8. The summed E-state index contributed by atoms with van der Waals surface area (Å²) in [5.41, 5.74) is 6.18. The number of hydrogen-bond acceptors (Lipinski definition) is 5. The van der Waals surface area contributed by atoms with Gasteiger partial charge in [0.2, 0.25) is 5.91 Å². The topological polar surface area (TPSA) is 98.5 Å². The Morgan fingerprint density at radius 1 is 1.15 bits per heavy atom. The highest BCUT2D eigenvalue weighted by Crippen LogP contribution is 2.23. The van der Waals surface area contributed by atoms with E-state index in [1.807, 2.05) is 6.07 Å². The number of rotatable bonds is 8. The normalized spacial score (nSPS) is 11.5. The van der Waals surface area contributed by atoms with E-state index in [0.29, 0.717) is 9.92 Å². The van der Waals surface area contributed by atoms with Crippen LogP contribution in [-0.4, -0.2) is 29.6 Å². The molecule has 0 aromatic heterocycles. The predicted octanol–water partition coefficient (Wildman–Crippen LogP) is 2.78. The summed E-state index contributed by atoms with van der Waals surface area (Å²) < 4.78 is 5.25. The van der Waals surface area contributed by atoms with E-state index in [9.17, 15) is 14.4 Å². The number of esters is 1. The fourth-order valence-corrected chi connectivity index (χ4v) is 3.14. The average Bonchev–Trinajstić information content (AvgIpc) is 2.65. The van der Waals surface area contributed by atoms with Crippen LogP contribution in [0.3, 0.4) is 0 Å². The van der Waals surface area contributed by atoms with Crippen molar-refractivity contribution in [3.05, 3.63) is 64.7 Å². The molecule has 0 spiro atoms. The number of carbonyl (C=O) groups is 3. The molecule has 142 valence electrons. The molecule has 8 heteroatoms. The largest absolute Gasteiger partial charge is 0.449 e. The summed E-state index contributed by atoms with van der Waals surface area (Å²) in [4.78, 5) is 36.1. The third kappa shape index (κ3) is 6.30. The van der Waals surface area contributed by atoms with Gasteiger partial charge in [-0.1, -0.05) is 41.9 Å². The second-order valence-electron chi connectivity index (χ2n) is 5.61. The molecular weight excluding hydrogens is 388 g/mol. The molecule has 0 heterocycles. The lowest BCUT2D eigenvalue weighted by Gasteiger charge is -2.15. The SMILES string of the molecule is CC(OC(=O)c1ccccc1SCC(N)=O)C(=O)NCc1ccccc1Cl. The van der Waals surface area contributed by atoms with Gasteiger partial charge in [-0.2, -0.15) is 0 Å². The monoisotopic (exact) mass is 406 g/mol. The second kappa shape index (κ2) is 9.99. The number of halogens is 1. The van der Waals surface area contributed by atoms with Crippen molar-refractivity contribution in [1.29, 1.82) is 0 Å². The lowest BCUT2D eigenvalue weighted by Crippen LogP contribution is -2.35. The fraction of sp³-hybridized carbons (Fsp3) is 0.211. The Morgan fingerprint density at radius 3 is 2.52 bits per heavy atom. The first-order valence-electron chi connectivity index (χ1n) is 8.10. The van der Waals surface area contributed by atoms with Gasteiger partial charge < -0.3 is 15.8 Å². The first-order valence-corrected chi connectivity index (χ1v) is 9.47. The van der Waals surface area contributed by atoms with Crippen molar-refractivity contribution in [2.24, 2.45) is 5.73 Å². The minimum absolute atomic E-state index is 0.0398. The molecule has 1 unspecified atom stereocenters. The first-order chi connectivity index (χ1) is 12.9. The Bertz CT molecular complexity index is 844. The van der Waals surface area contributed by atoms with Gasteiger partial charge in [0.1, 0.15) is 0 Å². The molecule has 3 N–H and O–H groups in total. The Labute approximate surface area is 166 Å². The van der Waals surface area contributed by atoms with Gasteiger partial charge in [0.05, 0.1) is 11.3 Å². The molecule has 1 atom stereocenters. The van der Waals surface area contributed by atoms with Crippen LogP contribution in [-0.2, 0) is 20.9 Å². The number of thioether (sulfide) groups is 1. The van der Waals surface area contributed by atoms with Crippen LogP contribution in [0.25, 0.3) is 0 Å². The van der Waals surface area contributed by atoms with Crippen molar-refractivity contribution in [2.75, 3.05) is 5.75 Å². The van der Waals surface area contributed by atoms with Gasteiger partial charge in [-0.05, 0) is 30.7 Å². The van der Waals surface area contributed by atoms with E-state index < -0.39 is 23.9 Å². The zero-order valence-electron chi connectivity index (χ0n) is 14.6. The van der Waals surface area contributed by atoms with Crippen LogP contribution in [0.5, 0.6) is 0 Å². The maximum Gasteiger partial charge on any atom is 0.340 e. The number of carbonyl (C=O) groups excluding carboxylic acids is 3. The van der Waals surface area contributed by atoms with Gasteiger partial charge >= 0.3 is 5.97 Å². The number of hydrogen-bond donors (Lipinski definition) is 2. The highest BCUT2D eigenvalue weighted by Gasteiger charge is 2.21. The molecule has 0 aliphatic rings. The Hall–Kier alpha value is -2.51. The van der Waals surface area contributed by atoms with E-state index in [1.54, 1.807) is 42.5 Å². The molecule has 2 aromatic carbocycles. The van der Waals surface area contributed by atoms with Crippen LogP contribution in [0.4, 0.5) is 0 Å². The van der Waals surface area contributed by atoms with Crippen molar-refractivity contribution in [2.45, 2.75) is 24.5 Å². The first kappa shape index (κ1) is 20.8. The number of primary amides is 1. The standard InChI is InChI=1S/C19H19ClN2O4S/c1-12(18(24)22-10-13-6-2-4-8-15(13)20)26-19(25)14-7-3-5-9-16(14)27-11-17(21)23/h2-9,12H,10-11H2,1H3,(H2,21,23)(H,22,24). The molecule has 2 rings (SSSR count). The van der Waals surface area contributed by atoms with E-state index in [1.165, 1.54) is 6.92 Å². The lowest BCUT2D eigenvalue weighted by molar-refractivity contribution is -0.129. The third-order valence-electron chi connectivity index (χ3n) is 3.54. The van der Waals surface area contributed by atoms with Crippen LogP contribution in [0.2, 0.25) is 5.02 Å². The molecule has 2 aromatic rings. The van der Waals surface area contributed by atoms with E-state index >= 15 is 0 Å². The van der Waals surface area contributed by atoms with Gasteiger partial charge in [0.15, 0.2) is 6.10 Å². The maximum atomic E-state index is 12.4. The summed E-state index contributed by atoms with van der Waals surface area (Å²) in [7, 11) is 0. The zero-order valence-corrected chi connectivity index (χ0v) is 16.2. The summed E-state index contributed by atoms with van der Waals surface area (Å²) in [6.45, 7) is 1.71. The smallest absolute Gasteiger partial charge is 0.340 e. The van der Waals surface area contributed by atoms with Crippen LogP contribution < -0.4 is 11.1 Å². The van der Waals surface area contributed by atoms with Gasteiger partial charge in [-0.25, -0.2) is 4.79 Å². The van der Waals surface area contributed by atoms with Crippen molar-refractivity contribution < 1.29 is 19.1 Å².